The Kier molecular flexibility index (Phi) is 63.3. The highest BCUT2D eigenvalue weighted by Crippen LogP contribution is 2.45. The second kappa shape index (κ2) is 64.8. The summed E-state index contributed by atoms with van der Waals surface area (Å²) in [6.07, 6.45) is 52.6. The van der Waals surface area contributed by atoms with Crippen molar-refractivity contribution in [2.24, 2.45) is 0 Å². The smallest absolute Gasteiger partial charge is 0.462 e. The van der Waals surface area contributed by atoms with E-state index in [1.165, 1.54) is 193 Å². The van der Waals surface area contributed by atoms with Crippen molar-refractivity contribution in [1.82, 2.24) is 0 Å². The maximum Gasteiger partial charge on any atom is 0.472 e. The molecule has 2 unspecified atom stereocenters. The van der Waals surface area contributed by atoms with Gasteiger partial charge in [0.05, 0.1) is 26.4 Å². The lowest BCUT2D eigenvalue weighted by atomic mass is 10.0. The van der Waals surface area contributed by atoms with Crippen LogP contribution in [0.4, 0.5) is 0 Å². The number of phosphoric acid groups is 2. The van der Waals surface area contributed by atoms with Crippen molar-refractivity contribution in [3.63, 3.8) is 0 Å². The molecule has 5 atom stereocenters. The number of phosphoric ester groups is 2. The van der Waals surface area contributed by atoms with Gasteiger partial charge in [0.15, 0.2) is 12.2 Å². The summed E-state index contributed by atoms with van der Waals surface area (Å²) in [5.74, 6) is -2.12. The van der Waals surface area contributed by atoms with Gasteiger partial charge in [0.25, 0.3) is 0 Å². The topological polar surface area (TPSA) is 237 Å². The quantitative estimate of drug-likeness (QED) is 0.0222. The number of unbranched alkanes of at least 4 members (excludes halogenated alkanes) is 45. The van der Waals surface area contributed by atoms with E-state index in [-0.39, 0.29) is 25.7 Å². The number of carbonyl (C=O) groups excluding carboxylic acids is 4. The summed E-state index contributed by atoms with van der Waals surface area (Å²) in [4.78, 5) is 72.4. The van der Waals surface area contributed by atoms with Gasteiger partial charge in [-0.25, -0.2) is 9.13 Å². The predicted molar refractivity (Wildman–Crippen MR) is 359 cm³/mol. The second-order valence-electron chi connectivity index (χ2n) is 25.3. The standard InChI is InChI=1S/C70H136O17P2/c1-5-9-13-17-21-25-28-30-32-33-35-38-41-45-49-53-57-70(75)87-66(61-81-68(73)55-51-47-43-39-37-34-31-29-26-22-18-14-10-6-2)63-85-89(78,79)83-59-64(71)58-82-88(76,77)84-62-65(60-80-67(72)54-50-46-42-24-20-16-12-8-4)86-69(74)56-52-48-44-40-36-27-23-19-15-11-7-3/h64-66,71H,5-63H2,1-4H3,(H,76,77)(H,78,79)/t64-,65+,66+/m0/s1. The molecule has 0 aromatic carbocycles. The van der Waals surface area contributed by atoms with Gasteiger partial charge in [-0.3, -0.25) is 37.3 Å². The molecule has 0 aromatic heterocycles. The third-order valence-corrected chi connectivity index (χ3v) is 18.3. The van der Waals surface area contributed by atoms with Crippen LogP contribution in [0.2, 0.25) is 0 Å². The van der Waals surface area contributed by atoms with Crippen molar-refractivity contribution in [2.45, 2.75) is 386 Å². The van der Waals surface area contributed by atoms with Crippen LogP contribution in [-0.2, 0) is 65.4 Å². The van der Waals surface area contributed by atoms with Crippen LogP contribution in [0.5, 0.6) is 0 Å². The lowest BCUT2D eigenvalue weighted by molar-refractivity contribution is -0.161. The van der Waals surface area contributed by atoms with E-state index in [0.29, 0.717) is 25.7 Å². The van der Waals surface area contributed by atoms with Gasteiger partial charge in [-0.15, -0.1) is 0 Å². The second-order valence-corrected chi connectivity index (χ2v) is 28.2. The Morgan fingerprint density at radius 2 is 0.449 bits per heavy atom. The summed E-state index contributed by atoms with van der Waals surface area (Å²) in [6, 6.07) is 0. The van der Waals surface area contributed by atoms with Crippen molar-refractivity contribution in [2.75, 3.05) is 39.6 Å². The summed E-state index contributed by atoms with van der Waals surface area (Å²) in [5, 5.41) is 10.6. The lowest BCUT2D eigenvalue weighted by Crippen LogP contribution is -2.30. The van der Waals surface area contributed by atoms with Gasteiger partial charge in [0.2, 0.25) is 0 Å². The zero-order valence-electron chi connectivity index (χ0n) is 57.4. The SMILES string of the molecule is CCCCCCCCCCCCCCCCCCC(=O)O[C@H](COC(=O)CCCCCCCCCCCCCCCC)COP(=O)(O)OC[C@@H](O)COP(=O)(O)OC[C@@H](COC(=O)CCCCCCCCCC)OC(=O)CCCCCCCCCCCCC. The molecular formula is C70H136O17P2. The van der Waals surface area contributed by atoms with Crippen molar-refractivity contribution in [1.29, 1.82) is 0 Å². The van der Waals surface area contributed by atoms with E-state index in [0.717, 1.165) is 96.3 Å². The molecule has 19 heteroatoms. The number of hydrogen-bond acceptors (Lipinski definition) is 15. The highest BCUT2D eigenvalue weighted by atomic mass is 31.2. The summed E-state index contributed by atoms with van der Waals surface area (Å²) >= 11 is 0. The highest BCUT2D eigenvalue weighted by molar-refractivity contribution is 7.47. The van der Waals surface area contributed by atoms with E-state index in [9.17, 15) is 43.2 Å². The van der Waals surface area contributed by atoms with Crippen LogP contribution in [0.3, 0.4) is 0 Å². The van der Waals surface area contributed by atoms with Crippen LogP contribution < -0.4 is 0 Å². The third kappa shape index (κ3) is 64.6. The molecule has 0 amide bonds. The van der Waals surface area contributed by atoms with E-state index in [4.69, 9.17) is 37.0 Å². The average molecular weight is 1310 g/mol. The summed E-state index contributed by atoms with van der Waals surface area (Å²) in [5.41, 5.74) is 0. The van der Waals surface area contributed by atoms with Crippen molar-refractivity contribution in [3.8, 4) is 0 Å². The Labute approximate surface area is 543 Å². The maximum absolute atomic E-state index is 13.0. The molecule has 0 bridgehead atoms. The molecule has 0 saturated heterocycles. The minimum Gasteiger partial charge on any atom is -0.462 e. The Balaban J connectivity index is 5.21. The summed E-state index contributed by atoms with van der Waals surface area (Å²) < 4.78 is 68.2. The van der Waals surface area contributed by atoms with Gasteiger partial charge >= 0.3 is 39.5 Å². The van der Waals surface area contributed by atoms with Gasteiger partial charge in [-0.05, 0) is 25.7 Å². The number of ether oxygens (including phenoxy) is 4. The fraction of sp³-hybridized carbons (Fsp3) is 0.943. The molecule has 17 nitrogen and oxygen atoms in total. The average Bonchev–Trinajstić information content (AvgIpc) is 3.69. The number of rotatable bonds is 71. The maximum atomic E-state index is 13.0. The first-order valence-corrected chi connectivity index (χ1v) is 39.8. The number of aliphatic hydroxyl groups is 1. The lowest BCUT2D eigenvalue weighted by Gasteiger charge is -2.21. The summed E-state index contributed by atoms with van der Waals surface area (Å²) in [7, 11) is -9.89. The molecule has 89 heavy (non-hydrogen) atoms. The van der Waals surface area contributed by atoms with Crippen LogP contribution in [0.1, 0.15) is 368 Å². The zero-order chi connectivity index (χ0) is 65.4. The van der Waals surface area contributed by atoms with Crippen LogP contribution >= 0.6 is 15.6 Å². The molecule has 0 aromatic rings. The molecule has 0 saturated carbocycles. The largest absolute Gasteiger partial charge is 0.472 e. The minimum atomic E-state index is -4.95. The Hall–Kier alpha value is -1.94. The van der Waals surface area contributed by atoms with Crippen LogP contribution in [-0.4, -0.2) is 96.7 Å². The fourth-order valence-electron chi connectivity index (χ4n) is 10.7. The number of hydrogen-bond donors (Lipinski definition) is 3. The predicted octanol–water partition coefficient (Wildman–Crippen LogP) is 20.3. The van der Waals surface area contributed by atoms with Gasteiger partial charge in [-0.2, -0.15) is 0 Å². The van der Waals surface area contributed by atoms with Gasteiger partial charge in [-0.1, -0.05) is 317 Å². The van der Waals surface area contributed by atoms with Crippen molar-refractivity contribution < 1.29 is 80.2 Å². The molecule has 0 radical (unpaired) electrons. The third-order valence-electron chi connectivity index (χ3n) is 16.4. The van der Waals surface area contributed by atoms with E-state index in [1.54, 1.807) is 0 Å². The van der Waals surface area contributed by atoms with Gasteiger partial charge < -0.3 is 33.8 Å². The Morgan fingerprint density at radius 1 is 0.270 bits per heavy atom. The number of aliphatic hydroxyl groups excluding tert-OH is 1. The monoisotopic (exact) mass is 1310 g/mol. The zero-order valence-corrected chi connectivity index (χ0v) is 59.2. The Morgan fingerprint density at radius 3 is 0.663 bits per heavy atom. The van der Waals surface area contributed by atoms with E-state index >= 15 is 0 Å². The first-order valence-electron chi connectivity index (χ1n) is 36.8. The molecule has 0 fully saturated rings. The first-order chi connectivity index (χ1) is 43.2. The van der Waals surface area contributed by atoms with Crippen LogP contribution in [0, 0.1) is 0 Å². The normalized spacial score (nSPS) is 14.0. The van der Waals surface area contributed by atoms with E-state index < -0.39 is 97.5 Å². The minimum absolute atomic E-state index is 0.107. The molecule has 528 valence electrons. The molecule has 0 aliphatic rings. The first kappa shape index (κ1) is 87.1. The van der Waals surface area contributed by atoms with E-state index in [2.05, 4.69) is 27.7 Å². The Bertz CT molecular complexity index is 1710. The molecule has 0 rings (SSSR count). The highest BCUT2D eigenvalue weighted by Gasteiger charge is 2.30. The van der Waals surface area contributed by atoms with Crippen molar-refractivity contribution >= 4 is 39.5 Å². The number of esters is 4. The molecule has 0 spiro atoms. The van der Waals surface area contributed by atoms with Crippen LogP contribution in [0.15, 0.2) is 0 Å². The van der Waals surface area contributed by atoms with Gasteiger partial charge in [0, 0.05) is 25.7 Å². The summed E-state index contributed by atoms with van der Waals surface area (Å²) in [6.45, 7) is 4.92. The van der Waals surface area contributed by atoms with E-state index in [1.807, 2.05) is 0 Å². The van der Waals surface area contributed by atoms with Crippen molar-refractivity contribution in [3.05, 3.63) is 0 Å². The molecule has 0 aliphatic heterocycles. The molecule has 0 heterocycles. The molecule has 0 aliphatic carbocycles. The molecular weight excluding hydrogens is 1170 g/mol. The molecule has 3 N–H and O–H groups in total. The fourth-order valence-corrected chi connectivity index (χ4v) is 12.3. The van der Waals surface area contributed by atoms with Gasteiger partial charge in [0.1, 0.15) is 19.3 Å². The van der Waals surface area contributed by atoms with Crippen LogP contribution in [0.25, 0.3) is 0 Å². The number of carbonyl (C=O) groups is 4.